The van der Waals surface area contributed by atoms with Gasteiger partial charge in [0.05, 0.1) is 6.54 Å². The zero-order chi connectivity index (χ0) is 8.81. The van der Waals surface area contributed by atoms with Crippen molar-refractivity contribution in [1.29, 1.82) is 0 Å². The van der Waals surface area contributed by atoms with Crippen molar-refractivity contribution in [2.45, 2.75) is 26.5 Å². The van der Waals surface area contributed by atoms with E-state index in [4.69, 9.17) is 9.52 Å². The van der Waals surface area contributed by atoms with Gasteiger partial charge < -0.3 is 14.8 Å². The van der Waals surface area contributed by atoms with Crippen LogP contribution in [0, 0.1) is 0 Å². The minimum atomic E-state index is -0.0201. The average molecular weight is 169 g/mol. The topological polar surface area (TPSA) is 45.4 Å². The summed E-state index contributed by atoms with van der Waals surface area (Å²) in [6.45, 7) is 3.84. The molecule has 3 heteroatoms. The fraction of sp³-hybridized carbons (Fsp3) is 0.556. The molecule has 0 aliphatic rings. The van der Waals surface area contributed by atoms with Crippen molar-refractivity contribution in [3.63, 3.8) is 0 Å². The first-order chi connectivity index (χ1) is 5.86. The van der Waals surface area contributed by atoms with Crippen molar-refractivity contribution in [3.8, 4) is 0 Å². The van der Waals surface area contributed by atoms with Gasteiger partial charge in [-0.2, -0.15) is 0 Å². The first kappa shape index (κ1) is 9.29. The summed E-state index contributed by atoms with van der Waals surface area (Å²) >= 11 is 0. The molecule has 0 saturated carbocycles. The van der Waals surface area contributed by atoms with Gasteiger partial charge in [0.25, 0.3) is 0 Å². The van der Waals surface area contributed by atoms with E-state index in [1.807, 2.05) is 6.07 Å². The van der Waals surface area contributed by atoms with E-state index in [1.165, 1.54) is 0 Å². The van der Waals surface area contributed by atoms with Gasteiger partial charge in [0.1, 0.15) is 18.1 Å². The van der Waals surface area contributed by atoms with Crippen molar-refractivity contribution < 1.29 is 9.52 Å². The lowest BCUT2D eigenvalue weighted by atomic mass is 10.4. The Hall–Kier alpha value is -0.800. The van der Waals surface area contributed by atoms with Crippen molar-refractivity contribution in [1.82, 2.24) is 5.32 Å². The van der Waals surface area contributed by atoms with Crippen LogP contribution < -0.4 is 5.32 Å². The van der Waals surface area contributed by atoms with Crippen LogP contribution in [0.5, 0.6) is 0 Å². The molecule has 0 bridgehead atoms. The fourth-order valence-electron chi connectivity index (χ4n) is 0.991. The zero-order valence-corrected chi connectivity index (χ0v) is 7.34. The van der Waals surface area contributed by atoms with E-state index in [0.29, 0.717) is 5.76 Å². The van der Waals surface area contributed by atoms with Crippen LogP contribution in [0.1, 0.15) is 24.9 Å². The molecule has 0 fully saturated rings. The highest BCUT2D eigenvalue weighted by Crippen LogP contribution is 2.06. The van der Waals surface area contributed by atoms with E-state index in [-0.39, 0.29) is 6.61 Å². The van der Waals surface area contributed by atoms with Gasteiger partial charge in [-0.1, -0.05) is 6.92 Å². The van der Waals surface area contributed by atoms with Crippen LogP contribution in [0.4, 0.5) is 0 Å². The lowest BCUT2D eigenvalue weighted by Gasteiger charge is -1.98. The maximum Gasteiger partial charge on any atom is 0.129 e. The second-order valence-electron chi connectivity index (χ2n) is 2.70. The SMILES string of the molecule is CCCNCc1ccc(CO)o1. The predicted octanol–water partition coefficient (Wildman–Crippen LogP) is 1.27. The molecule has 0 spiro atoms. The Morgan fingerprint density at radius 1 is 1.42 bits per heavy atom. The van der Waals surface area contributed by atoms with Crippen LogP contribution in [0.2, 0.25) is 0 Å². The van der Waals surface area contributed by atoms with Gasteiger partial charge in [-0.3, -0.25) is 0 Å². The molecule has 0 aromatic carbocycles. The Balaban J connectivity index is 2.31. The molecular formula is C9H15NO2. The van der Waals surface area contributed by atoms with Crippen LogP contribution in [-0.4, -0.2) is 11.7 Å². The molecule has 12 heavy (non-hydrogen) atoms. The Morgan fingerprint density at radius 2 is 2.17 bits per heavy atom. The summed E-state index contributed by atoms with van der Waals surface area (Å²) in [6.07, 6.45) is 1.12. The summed E-state index contributed by atoms with van der Waals surface area (Å²) in [5, 5.41) is 11.9. The highest BCUT2D eigenvalue weighted by molar-refractivity contribution is 5.05. The first-order valence-corrected chi connectivity index (χ1v) is 4.26. The number of furan rings is 1. The Bertz CT molecular complexity index is 220. The normalized spacial score (nSPS) is 10.5. The Morgan fingerprint density at radius 3 is 2.75 bits per heavy atom. The average Bonchev–Trinajstić information content (AvgIpc) is 2.53. The second kappa shape index (κ2) is 4.95. The van der Waals surface area contributed by atoms with Crippen molar-refractivity contribution >= 4 is 0 Å². The van der Waals surface area contributed by atoms with E-state index < -0.39 is 0 Å². The fourth-order valence-corrected chi connectivity index (χ4v) is 0.991. The zero-order valence-electron chi connectivity index (χ0n) is 7.34. The number of hydrogen-bond donors (Lipinski definition) is 2. The van der Waals surface area contributed by atoms with Gasteiger partial charge in [0.2, 0.25) is 0 Å². The van der Waals surface area contributed by atoms with Gasteiger partial charge in [-0.15, -0.1) is 0 Å². The van der Waals surface area contributed by atoms with E-state index in [0.717, 1.165) is 25.3 Å². The largest absolute Gasteiger partial charge is 0.462 e. The molecule has 0 atom stereocenters. The minimum Gasteiger partial charge on any atom is -0.462 e. The summed E-state index contributed by atoms with van der Waals surface area (Å²) < 4.78 is 5.27. The molecule has 1 rings (SSSR count). The molecule has 2 N–H and O–H groups in total. The third-order valence-electron chi connectivity index (χ3n) is 1.60. The van der Waals surface area contributed by atoms with Gasteiger partial charge in [-0.05, 0) is 25.1 Å². The molecular weight excluding hydrogens is 154 g/mol. The maximum atomic E-state index is 8.71. The van der Waals surface area contributed by atoms with E-state index in [2.05, 4.69) is 12.2 Å². The molecule has 1 aromatic heterocycles. The first-order valence-electron chi connectivity index (χ1n) is 4.26. The molecule has 3 nitrogen and oxygen atoms in total. The number of aliphatic hydroxyl groups excluding tert-OH is 1. The molecule has 0 saturated heterocycles. The number of rotatable bonds is 5. The van der Waals surface area contributed by atoms with E-state index in [9.17, 15) is 0 Å². The van der Waals surface area contributed by atoms with Crippen LogP contribution in [0.15, 0.2) is 16.5 Å². The minimum absolute atomic E-state index is 0.0201. The maximum absolute atomic E-state index is 8.71. The molecule has 1 aromatic rings. The smallest absolute Gasteiger partial charge is 0.129 e. The Kier molecular flexibility index (Phi) is 3.84. The summed E-state index contributed by atoms with van der Waals surface area (Å²) in [4.78, 5) is 0. The quantitative estimate of drug-likeness (QED) is 0.652. The van der Waals surface area contributed by atoms with Gasteiger partial charge in [0.15, 0.2) is 0 Å². The summed E-state index contributed by atoms with van der Waals surface area (Å²) in [5.74, 6) is 1.51. The highest BCUT2D eigenvalue weighted by Gasteiger charge is 1.98. The summed E-state index contributed by atoms with van der Waals surface area (Å²) in [6, 6.07) is 3.68. The highest BCUT2D eigenvalue weighted by atomic mass is 16.4. The molecule has 0 aliphatic heterocycles. The molecule has 0 aliphatic carbocycles. The number of aliphatic hydroxyl groups is 1. The van der Waals surface area contributed by atoms with Crippen molar-refractivity contribution in [2.75, 3.05) is 6.54 Å². The third kappa shape index (κ3) is 2.68. The molecule has 0 amide bonds. The van der Waals surface area contributed by atoms with Gasteiger partial charge in [-0.25, -0.2) is 0 Å². The molecule has 0 unspecified atom stereocenters. The lowest BCUT2D eigenvalue weighted by molar-refractivity contribution is 0.243. The molecule has 1 heterocycles. The van der Waals surface area contributed by atoms with E-state index in [1.54, 1.807) is 6.07 Å². The van der Waals surface area contributed by atoms with Crippen LogP contribution in [0.3, 0.4) is 0 Å². The predicted molar refractivity (Wildman–Crippen MR) is 46.6 cm³/mol. The van der Waals surface area contributed by atoms with Crippen LogP contribution >= 0.6 is 0 Å². The van der Waals surface area contributed by atoms with Crippen LogP contribution in [-0.2, 0) is 13.2 Å². The monoisotopic (exact) mass is 169 g/mol. The second-order valence-corrected chi connectivity index (χ2v) is 2.70. The van der Waals surface area contributed by atoms with Crippen molar-refractivity contribution in [3.05, 3.63) is 23.7 Å². The van der Waals surface area contributed by atoms with Crippen molar-refractivity contribution in [2.24, 2.45) is 0 Å². The molecule has 0 radical (unpaired) electrons. The Labute approximate surface area is 72.4 Å². The van der Waals surface area contributed by atoms with Gasteiger partial charge in [0, 0.05) is 0 Å². The number of hydrogen-bond acceptors (Lipinski definition) is 3. The summed E-state index contributed by atoms with van der Waals surface area (Å²) in [5.41, 5.74) is 0. The summed E-state index contributed by atoms with van der Waals surface area (Å²) in [7, 11) is 0. The van der Waals surface area contributed by atoms with Crippen LogP contribution in [0.25, 0.3) is 0 Å². The number of nitrogens with one attached hydrogen (secondary N) is 1. The standard InChI is InChI=1S/C9H15NO2/c1-2-5-10-6-8-3-4-9(7-11)12-8/h3-4,10-11H,2,5-7H2,1H3. The van der Waals surface area contributed by atoms with Gasteiger partial charge >= 0.3 is 0 Å². The third-order valence-corrected chi connectivity index (χ3v) is 1.60. The van der Waals surface area contributed by atoms with E-state index >= 15 is 0 Å². The lowest BCUT2D eigenvalue weighted by Crippen LogP contribution is -2.12. The molecule has 68 valence electrons.